The van der Waals surface area contributed by atoms with Gasteiger partial charge in [0.1, 0.15) is 0 Å². The van der Waals surface area contributed by atoms with E-state index in [1.807, 2.05) is 43.0 Å². The largest absolute Gasteiger partial charge is 0.325 e. The normalized spacial score (nSPS) is 17.4. The molecule has 1 atom stereocenters. The van der Waals surface area contributed by atoms with E-state index in [0.717, 1.165) is 11.3 Å². The molecule has 144 valence electrons. The highest BCUT2D eigenvalue weighted by molar-refractivity contribution is 7.89. The van der Waals surface area contributed by atoms with E-state index < -0.39 is 10.0 Å². The second kappa shape index (κ2) is 8.21. The molecule has 6 nitrogen and oxygen atoms in total. The van der Waals surface area contributed by atoms with Gasteiger partial charge in [0.15, 0.2) is 0 Å². The monoisotopic (exact) mass is 387 g/mol. The third-order valence-corrected chi connectivity index (χ3v) is 6.81. The van der Waals surface area contributed by atoms with E-state index in [4.69, 9.17) is 0 Å². The molecule has 1 aliphatic heterocycles. The summed E-state index contributed by atoms with van der Waals surface area (Å²) in [6.45, 7) is 5.64. The van der Waals surface area contributed by atoms with E-state index in [0.29, 0.717) is 31.1 Å². The number of hydrogen-bond acceptors (Lipinski definition) is 4. The summed E-state index contributed by atoms with van der Waals surface area (Å²) in [5.74, 6) is -0.0850. The van der Waals surface area contributed by atoms with Crippen LogP contribution in [0.15, 0.2) is 59.5 Å². The summed E-state index contributed by atoms with van der Waals surface area (Å²) >= 11 is 0. The minimum atomic E-state index is -3.48. The fourth-order valence-corrected chi connectivity index (χ4v) is 4.57. The molecule has 0 bridgehead atoms. The average Bonchev–Trinajstić information content (AvgIpc) is 2.70. The van der Waals surface area contributed by atoms with Crippen LogP contribution in [-0.2, 0) is 14.8 Å². The quantitative estimate of drug-likeness (QED) is 0.855. The molecule has 0 saturated carbocycles. The predicted molar refractivity (Wildman–Crippen MR) is 106 cm³/mol. The Morgan fingerprint density at radius 3 is 2.15 bits per heavy atom. The van der Waals surface area contributed by atoms with Crippen LogP contribution in [0, 0.1) is 6.92 Å². The molecule has 1 N–H and O–H groups in total. The van der Waals surface area contributed by atoms with E-state index >= 15 is 0 Å². The number of anilines is 1. The molecule has 1 saturated heterocycles. The van der Waals surface area contributed by atoms with Crippen molar-refractivity contribution in [2.24, 2.45) is 0 Å². The van der Waals surface area contributed by atoms with Crippen molar-refractivity contribution < 1.29 is 13.2 Å². The Labute approximate surface area is 160 Å². The Morgan fingerprint density at radius 2 is 1.56 bits per heavy atom. The smallest absolute Gasteiger partial charge is 0.243 e. The van der Waals surface area contributed by atoms with Crippen molar-refractivity contribution in [2.45, 2.75) is 24.8 Å². The van der Waals surface area contributed by atoms with Crippen LogP contribution in [-0.4, -0.2) is 55.8 Å². The molecule has 0 unspecified atom stereocenters. The van der Waals surface area contributed by atoms with Crippen molar-refractivity contribution >= 4 is 21.6 Å². The van der Waals surface area contributed by atoms with Crippen molar-refractivity contribution in [3.63, 3.8) is 0 Å². The number of piperazine rings is 1. The zero-order valence-corrected chi connectivity index (χ0v) is 16.4. The van der Waals surface area contributed by atoms with Gasteiger partial charge in [0.2, 0.25) is 15.9 Å². The van der Waals surface area contributed by atoms with Gasteiger partial charge in [-0.3, -0.25) is 9.69 Å². The van der Waals surface area contributed by atoms with Gasteiger partial charge in [0.05, 0.1) is 10.9 Å². The summed E-state index contributed by atoms with van der Waals surface area (Å²) in [6, 6.07) is 15.8. The molecule has 0 aliphatic carbocycles. The van der Waals surface area contributed by atoms with Crippen LogP contribution in [0.1, 0.15) is 12.5 Å². The first-order valence-electron chi connectivity index (χ1n) is 9.05. The summed E-state index contributed by atoms with van der Waals surface area (Å²) in [5.41, 5.74) is 1.90. The highest BCUT2D eigenvalue weighted by atomic mass is 32.2. The number of nitrogens with zero attached hydrogens (tertiary/aromatic N) is 2. The molecule has 1 heterocycles. The molecule has 1 amide bonds. The first kappa shape index (κ1) is 19.5. The Bertz CT molecular complexity index is 874. The lowest BCUT2D eigenvalue weighted by Gasteiger charge is -2.36. The van der Waals surface area contributed by atoms with Crippen LogP contribution in [0.2, 0.25) is 0 Å². The van der Waals surface area contributed by atoms with Crippen molar-refractivity contribution in [3.05, 3.63) is 60.2 Å². The van der Waals surface area contributed by atoms with E-state index in [1.165, 1.54) is 4.31 Å². The topological polar surface area (TPSA) is 69.7 Å². The van der Waals surface area contributed by atoms with Gasteiger partial charge in [-0.2, -0.15) is 4.31 Å². The number of aryl methyl sites for hydroxylation is 1. The molecule has 2 aromatic rings. The van der Waals surface area contributed by atoms with Gasteiger partial charge in [-0.1, -0.05) is 35.9 Å². The minimum absolute atomic E-state index is 0.0850. The van der Waals surface area contributed by atoms with E-state index in [2.05, 4.69) is 5.32 Å². The Kier molecular flexibility index (Phi) is 5.94. The molecule has 0 spiro atoms. The van der Waals surface area contributed by atoms with Gasteiger partial charge < -0.3 is 5.32 Å². The molecular formula is C20H25N3O3S. The van der Waals surface area contributed by atoms with Gasteiger partial charge in [-0.25, -0.2) is 8.42 Å². The number of carbonyl (C=O) groups excluding carboxylic acids is 1. The maximum Gasteiger partial charge on any atom is 0.243 e. The summed E-state index contributed by atoms with van der Waals surface area (Å²) in [7, 11) is -3.48. The van der Waals surface area contributed by atoms with Crippen LogP contribution in [0.4, 0.5) is 5.69 Å². The highest BCUT2D eigenvalue weighted by Crippen LogP contribution is 2.18. The van der Waals surface area contributed by atoms with E-state index in [1.54, 1.807) is 30.3 Å². The molecule has 0 aromatic heterocycles. The number of hydrogen-bond donors (Lipinski definition) is 1. The SMILES string of the molecule is Cc1ccc(NC(=O)[C@@H](C)N2CCN(S(=O)(=O)c3ccccc3)CC2)cc1. The first-order chi connectivity index (χ1) is 12.9. The van der Waals surface area contributed by atoms with E-state index in [9.17, 15) is 13.2 Å². The number of benzene rings is 2. The molecule has 7 heteroatoms. The van der Waals surface area contributed by atoms with Gasteiger partial charge in [0.25, 0.3) is 0 Å². The summed E-state index contributed by atoms with van der Waals surface area (Å²) < 4.78 is 26.9. The average molecular weight is 388 g/mol. The standard InChI is InChI=1S/C20H25N3O3S/c1-16-8-10-18(11-9-16)21-20(24)17(2)22-12-14-23(15-13-22)27(25,26)19-6-4-3-5-7-19/h3-11,17H,12-15H2,1-2H3,(H,21,24)/t17-/m1/s1. The van der Waals surface area contributed by atoms with Gasteiger partial charge in [-0.15, -0.1) is 0 Å². The van der Waals surface area contributed by atoms with Crippen LogP contribution in [0.25, 0.3) is 0 Å². The minimum Gasteiger partial charge on any atom is -0.325 e. The first-order valence-corrected chi connectivity index (χ1v) is 10.5. The third kappa shape index (κ3) is 4.55. The number of sulfonamides is 1. The maximum atomic E-state index is 12.7. The zero-order valence-electron chi connectivity index (χ0n) is 15.6. The van der Waals surface area contributed by atoms with Gasteiger partial charge in [-0.05, 0) is 38.1 Å². The molecule has 0 radical (unpaired) electrons. The van der Waals surface area contributed by atoms with Gasteiger partial charge in [0, 0.05) is 31.9 Å². The third-order valence-electron chi connectivity index (χ3n) is 4.90. The molecular weight excluding hydrogens is 362 g/mol. The number of amides is 1. The molecule has 1 aliphatic rings. The lowest BCUT2D eigenvalue weighted by atomic mass is 10.2. The molecule has 27 heavy (non-hydrogen) atoms. The van der Waals surface area contributed by atoms with Gasteiger partial charge >= 0.3 is 0 Å². The highest BCUT2D eigenvalue weighted by Gasteiger charge is 2.31. The lowest BCUT2D eigenvalue weighted by Crippen LogP contribution is -2.53. The van der Waals surface area contributed by atoms with Crippen molar-refractivity contribution in [1.29, 1.82) is 0 Å². The second-order valence-corrected chi connectivity index (χ2v) is 8.72. The molecule has 3 rings (SSSR count). The second-order valence-electron chi connectivity index (χ2n) is 6.78. The molecule has 1 fully saturated rings. The van der Waals surface area contributed by atoms with Crippen LogP contribution < -0.4 is 5.32 Å². The molecule has 2 aromatic carbocycles. The zero-order chi connectivity index (χ0) is 19.4. The summed E-state index contributed by atoms with van der Waals surface area (Å²) in [6.07, 6.45) is 0. The maximum absolute atomic E-state index is 12.7. The Morgan fingerprint density at radius 1 is 0.963 bits per heavy atom. The fourth-order valence-electron chi connectivity index (χ4n) is 3.12. The Balaban J connectivity index is 1.58. The summed E-state index contributed by atoms with van der Waals surface area (Å²) in [5, 5.41) is 2.92. The van der Waals surface area contributed by atoms with Crippen molar-refractivity contribution in [1.82, 2.24) is 9.21 Å². The van der Waals surface area contributed by atoms with Crippen LogP contribution in [0.3, 0.4) is 0 Å². The van der Waals surface area contributed by atoms with Crippen LogP contribution >= 0.6 is 0 Å². The predicted octanol–water partition coefficient (Wildman–Crippen LogP) is 2.33. The number of rotatable bonds is 5. The summed E-state index contributed by atoms with van der Waals surface area (Å²) in [4.78, 5) is 14.8. The van der Waals surface area contributed by atoms with Crippen molar-refractivity contribution in [2.75, 3.05) is 31.5 Å². The lowest BCUT2D eigenvalue weighted by molar-refractivity contribution is -0.121. The fraction of sp³-hybridized carbons (Fsp3) is 0.350. The number of carbonyl (C=O) groups is 1. The van der Waals surface area contributed by atoms with Crippen molar-refractivity contribution in [3.8, 4) is 0 Å². The van der Waals surface area contributed by atoms with E-state index in [-0.39, 0.29) is 11.9 Å². The number of nitrogens with one attached hydrogen (secondary N) is 1. The Hall–Kier alpha value is -2.22. The van der Waals surface area contributed by atoms with Crippen LogP contribution in [0.5, 0.6) is 0 Å².